The summed E-state index contributed by atoms with van der Waals surface area (Å²) in [5.74, 6) is 1.02. The maximum absolute atomic E-state index is 12.8. The topological polar surface area (TPSA) is 61.4 Å². The van der Waals surface area contributed by atoms with Gasteiger partial charge in [0.05, 0.1) is 0 Å². The van der Waals surface area contributed by atoms with E-state index in [1.54, 1.807) is 0 Å². The molecule has 2 aliphatic carbocycles. The number of carbonyl (C=O) groups is 2. The summed E-state index contributed by atoms with van der Waals surface area (Å²) in [6.45, 7) is 1.77. The Bertz CT molecular complexity index is 446. The first kappa shape index (κ1) is 20.5. The fraction of sp³-hybridized carbons (Fsp3) is 0.895. The second-order valence-electron chi connectivity index (χ2n) is 7.95. The molecule has 0 aromatic rings. The summed E-state index contributed by atoms with van der Waals surface area (Å²) in [5, 5.41) is 6.55. The predicted molar refractivity (Wildman–Crippen MR) is 102 cm³/mol. The van der Waals surface area contributed by atoms with Gasteiger partial charge in [0.15, 0.2) is 0 Å². The lowest BCUT2D eigenvalue weighted by molar-refractivity contribution is -0.138. The average molecular weight is 372 g/mol. The third-order valence-corrected chi connectivity index (χ3v) is 6.29. The Morgan fingerprint density at radius 3 is 2.16 bits per heavy atom. The number of hydrogen-bond acceptors (Lipinski definition) is 3. The Labute approximate surface area is 158 Å². The molecule has 1 atom stereocenters. The number of rotatable bonds is 4. The zero-order valence-corrected chi connectivity index (χ0v) is 16.3. The van der Waals surface area contributed by atoms with Crippen molar-refractivity contribution in [3.63, 3.8) is 0 Å². The van der Waals surface area contributed by atoms with Crippen LogP contribution < -0.4 is 10.6 Å². The van der Waals surface area contributed by atoms with E-state index in [0.29, 0.717) is 11.9 Å². The lowest BCUT2D eigenvalue weighted by Gasteiger charge is -2.37. The van der Waals surface area contributed by atoms with Crippen LogP contribution in [0.1, 0.15) is 64.2 Å². The molecule has 1 saturated heterocycles. The van der Waals surface area contributed by atoms with Crippen molar-refractivity contribution in [3.8, 4) is 0 Å². The molecule has 2 N–H and O–H groups in total. The largest absolute Gasteiger partial charge is 0.353 e. The normalized spacial score (nSPS) is 30.6. The van der Waals surface area contributed by atoms with E-state index in [0.717, 1.165) is 58.0 Å². The third-order valence-electron chi connectivity index (χ3n) is 6.29. The molecule has 25 heavy (non-hydrogen) atoms. The zero-order chi connectivity index (χ0) is 16.9. The lowest BCUT2D eigenvalue weighted by atomic mass is 9.84. The highest BCUT2D eigenvalue weighted by Gasteiger charge is 2.33. The lowest BCUT2D eigenvalue weighted by Crippen LogP contribution is -2.50. The molecule has 1 unspecified atom stereocenters. The van der Waals surface area contributed by atoms with Gasteiger partial charge >= 0.3 is 0 Å². The van der Waals surface area contributed by atoms with Crippen molar-refractivity contribution < 1.29 is 9.59 Å². The van der Waals surface area contributed by atoms with Crippen LogP contribution in [0.2, 0.25) is 0 Å². The summed E-state index contributed by atoms with van der Waals surface area (Å²) in [4.78, 5) is 27.1. The summed E-state index contributed by atoms with van der Waals surface area (Å²) >= 11 is 0. The molecule has 0 spiro atoms. The van der Waals surface area contributed by atoms with Crippen molar-refractivity contribution in [2.45, 2.75) is 76.3 Å². The number of likely N-dealkylation sites (N-methyl/N-ethyl adjacent to an activating group) is 1. The number of piperidine rings is 1. The molecule has 3 rings (SSSR count). The first-order chi connectivity index (χ1) is 11.7. The number of carbonyl (C=O) groups excluding carboxylic acids is 2. The van der Waals surface area contributed by atoms with Crippen molar-refractivity contribution in [2.24, 2.45) is 11.8 Å². The summed E-state index contributed by atoms with van der Waals surface area (Å²) in [6, 6.07) is 0.735. The summed E-state index contributed by atoms with van der Waals surface area (Å²) in [5.41, 5.74) is 0. The number of nitrogens with one attached hydrogen (secondary N) is 2. The van der Waals surface area contributed by atoms with E-state index in [-0.39, 0.29) is 36.2 Å². The standard InChI is InChI=1S/C19H33N3O2.ClH/c1-20-17-7-4-12-22(13-17)19(24)15-8-10-16(11-9-15)21-18(23)14-5-2-3-6-14;/h14-17,20H,2-13H2,1H3,(H,21,23);1H. The maximum atomic E-state index is 12.8. The second-order valence-corrected chi connectivity index (χ2v) is 7.95. The molecule has 144 valence electrons. The Balaban J connectivity index is 0.00000225. The van der Waals surface area contributed by atoms with Crippen molar-refractivity contribution in [1.29, 1.82) is 0 Å². The van der Waals surface area contributed by atoms with E-state index < -0.39 is 0 Å². The number of nitrogens with zero attached hydrogens (tertiary/aromatic N) is 1. The fourth-order valence-electron chi connectivity index (χ4n) is 4.66. The Kier molecular flexibility index (Phi) is 8.01. The van der Waals surface area contributed by atoms with Crippen molar-refractivity contribution in [2.75, 3.05) is 20.1 Å². The van der Waals surface area contributed by atoms with Gasteiger partial charge in [-0.2, -0.15) is 0 Å². The van der Waals surface area contributed by atoms with E-state index in [1.165, 1.54) is 19.3 Å². The highest BCUT2D eigenvalue weighted by atomic mass is 35.5. The summed E-state index contributed by atoms with van der Waals surface area (Å²) in [7, 11) is 1.98. The van der Waals surface area contributed by atoms with Gasteiger partial charge in [-0.25, -0.2) is 0 Å². The Morgan fingerprint density at radius 1 is 0.840 bits per heavy atom. The quantitative estimate of drug-likeness (QED) is 0.798. The SMILES string of the molecule is CNC1CCCN(C(=O)C2CCC(NC(=O)C3CCCC3)CC2)C1.Cl. The van der Waals surface area contributed by atoms with Crippen LogP contribution >= 0.6 is 12.4 Å². The molecular weight excluding hydrogens is 338 g/mol. The molecule has 3 aliphatic rings. The van der Waals surface area contributed by atoms with Crippen LogP contribution in [0.25, 0.3) is 0 Å². The number of halogens is 1. The van der Waals surface area contributed by atoms with Gasteiger partial charge in [0.1, 0.15) is 0 Å². The van der Waals surface area contributed by atoms with E-state index >= 15 is 0 Å². The van der Waals surface area contributed by atoms with Crippen LogP contribution in [0.15, 0.2) is 0 Å². The highest BCUT2D eigenvalue weighted by Crippen LogP contribution is 2.29. The van der Waals surface area contributed by atoms with Crippen LogP contribution in [-0.2, 0) is 9.59 Å². The van der Waals surface area contributed by atoms with E-state index in [9.17, 15) is 9.59 Å². The number of likely N-dealkylation sites (tertiary alicyclic amines) is 1. The molecule has 0 aromatic heterocycles. The van der Waals surface area contributed by atoms with Crippen molar-refractivity contribution >= 4 is 24.2 Å². The smallest absolute Gasteiger partial charge is 0.225 e. The summed E-state index contributed by atoms with van der Waals surface area (Å²) in [6.07, 6.45) is 10.5. The van der Waals surface area contributed by atoms with Crippen molar-refractivity contribution in [3.05, 3.63) is 0 Å². The summed E-state index contributed by atoms with van der Waals surface area (Å²) < 4.78 is 0. The minimum Gasteiger partial charge on any atom is -0.353 e. The predicted octanol–water partition coefficient (Wildman–Crippen LogP) is 2.48. The molecule has 0 bridgehead atoms. The molecule has 6 heteroatoms. The van der Waals surface area contributed by atoms with Gasteiger partial charge in [-0.1, -0.05) is 12.8 Å². The first-order valence-corrected chi connectivity index (χ1v) is 9.93. The minimum atomic E-state index is 0. The third kappa shape index (κ3) is 5.33. The first-order valence-electron chi connectivity index (χ1n) is 9.93. The van der Waals surface area contributed by atoms with Gasteiger partial charge in [0.25, 0.3) is 0 Å². The molecule has 2 amide bonds. The molecule has 0 radical (unpaired) electrons. The monoisotopic (exact) mass is 371 g/mol. The van der Waals surface area contributed by atoms with Crippen LogP contribution in [-0.4, -0.2) is 48.9 Å². The number of amides is 2. The number of hydrogen-bond donors (Lipinski definition) is 2. The van der Waals surface area contributed by atoms with E-state index in [4.69, 9.17) is 0 Å². The molecule has 2 saturated carbocycles. The zero-order valence-electron chi connectivity index (χ0n) is 15.5. The van der Waals surface area contributed by atoms with Gasteiger partial charge in [-0.15, -0.1) is 12.4 Å². The highest BCUT2D eigenvalue weighted by molar-refractivity contribution is 5.85. The Morgan fingerprint density at radius 2 is 1.52 bits per heavy atom. The molecule has 1 aliphatic heterocycles. The van der Waals surface area contributed by atoms with Gasteiger partial charge in [-0.3, -0.25) is 9.59 Å². The molecule has 5 nitrogen and oxygen atoms in total. The molecule has 0 aromatic carbocycles. The van der Waals surface area contributed by atoms with Crippen molar-refractivity contribution in [1.82, 2.24) is 15.5 Å². The second kappa shape index (κ2) is 9.77. The van der Waals surface area contributed by atoms with Gasteiger partial charge in [0.2, 0.25) is 11.8 Å². The van der Waals surface area contributed by atoms with E-state index in [2.05, 4.69) is 15.5 Å². The van der Waals surface area contributed by atoms with Gasteiger partial charge < -0.3 is 15.5 Å². The van der Waals surface area contributed by atoms with Crippen LogP contribution in [0.3, 0.4) is 0 Å². The molecule has 1 heterocycles. The Hall–Kier alpha value is -0.810. The molecule has 3 fully saturated rings. The minimum absolute atomic E-state index is 0. The van der Waals surface area contributed by atoms with Gasteiger partial charge in [-0.05, 0) is 58.4 Å². The van der Waals surface area contributed by atoms with Crippen LogP contribution in [0.4, 0.5) is 0 Å². The van der Waals surface area contributed by atoms with Gasteiger partial charge in [0, 0.05) is 37.0 Å². The molecular formula is C19H34ClN3O2. The van der Waals surface area contributed by atoms with E-state index in [1.807, 2.05) is 7.05 Å². The van der Waals surface area contributed by atoms with Crippen LogP contribution in [0, 0.1) is 11.8 Å². The fourth-order valence-corrected chi connectivity index (χ4v) is 4.66. The average Bonchev–Trinajstić information content (AvgIpc) is 3.16. The van der Waals surface area contributed by atoms with Crippen LogP contribution in [0.5, 0.6) is 0 Å². The maximum Gasteiger partial charge on any atom is 0.225 e.